The first-order chi connectivity index (χ1) is 13.4. The van der Waals surface area contributed by atoms with Gasteiger partial charge in [-0.25, -0.2) is 0 Å². The van der Waals surface area contributed by atoms with Crippen molar-refractivity contribution < 1.29 is 9.84 Å². The quantitative estimate of drug-likeness (QED) is 0.466. The summed E-state index contributed by atoms with van der Waals surface area (Å²) in [6.45, 7) is 0.319. The van der Waals surface area contributed by atoms with Gasteiger partial charge in [-0.3, -0.25) is 0 Å². The molecular weight excluding hydrogens is 332 g/mol. The molecule has 0 spiro atoms. The minimum atomic E-state index is 0.0144. The zero-order valence-corrected chi connectivity index (χ0v) is 15.0. The van der Waals surface area contributed by atoms with E-state index in [2.05, 4.69) is 66.7 Å². The van der Waals surface area contributed by atoms with Gasteiger partial charge >= 0.3 is 0 Å². The lowest BCUT2D eigenvalue weighted by Gasteiger charge is -2.14. The lowest BCUT2D eigenvalue weighted by atomic mass is 9.92. The zero-order chi connectivity index (χ0) is 18.2. The minimum Gasteiger partial charge on any atom is -0.491 e. The molecule has 0 unspecified atom stereocenters. The molecule has 1 aliphatic carbocycles. The second-order valence-corrected chi connectivity index (χ2v) is 6.89. The van der Waals surface area contributed by atoms with Gasteiger partial charge in [0.25, 0.3) is 0 Å². The average molecular weight is 352 g/mol. The summed E-state index contributed by atoms with van der Waals surface area (Å²) < 4.78 is 5.75. The molecule has 0 heterocycles. The van der Waals surface area contributed by atoms with Crippen LogP contribution in [-0.4, -0.2) is 18.3 Å². The Hall–Kier alpha value is -3.10. The third kappa shape index (κ3) is 2.61. The highest BCUT2D eigenvalue weighted by molar-refractivity contribution is 6.01. The van der Waals surface area contributed by atoms with Gasteiger partial charge in [0.2, 0.25) is 0 Å². The number of aliphatic hydroxyl groups excluding tert-OH is 1. The van der Waals surface area contributed by atoms with E-state index in [-0.39, 0.29) is 6.61 Å². The Morgan fingerprint density at radius 1 is 0.667 bits per heavy atom. The van der Waals surface area contributed by atoms with Gasteiger partial charge in [-0.1, -0.05) is 72.8 Å². The standard InChI is InChI=1S/C25H20O2/c26-14-15-27-25-13-5-11-21-20(9-4-12-23(21)25)22-10-3-8-19-18-7-2-1-6-17(18)16-24(19)22/h1-13,26H,14-16H2. The van der Waals surface area contributed by atoms with Crippen molar-refractivity contribution in [2.45, 2.75) is 6.42 Å². The lowest BCUT2D eigenvalue weighted by molar-refractivity contribution is 0.203. The predicted octanol–water partition coefficient (Wildman–Crippen LogP) is 5.45. The number of hydrogen-bond donors (Lipinski definition) is 1. The Morgan fingerprint density at radius 2 is 1.33 bits per heavy atom. The fraction of sp³-hybridized carbons (Fsp3) is 0.120. The van der Waals surface area contributed by atoms with Gasteiger partial charge in [-0.15, -0.1) is 0 Å². The highest BCUT2D eigenvalue weighted by Crippen LogP contribution is 2.43. The number of benzene rings is 4. The first kappa shape index (κ1) is 16.1. The number of hydrogen-bond acceptors (Lipinski definition) is 2. The van der Waals surface area contributed by atoms with E-state index in [1.54, 1.807) is 0 Å². The SMILES string of the molecule is OCCOc1cccc2c(-c3cccc4c3Cc3ccccc3-4)cccc12. The van der Waals surface area contributed by atoms with E-state index in [0.717, 1.165) is 17.6 Å². The van der Waals surface area contributed by atoms with Gasteiger partial charge < -0.3 is 9.84 Å². The topological polar surface area (TPSA) is 29.5 Å². The Morgan fingerprint density at radius 3 is 2.22 bits per heavy atom. The van der Waals surface area contributed by atoms with E-state index < -0.39 is 0 Å². The van der Waals surface area contributed by atoms with Gasteiger partial charge in [0.15, 0.2) is 0 Å². The third-order valence-corrected chi connectivity index (χ3v) is 5.37. The number of fused-ring (bicyclic) bond motifs is 4. The van der Waals surface area contributed by atoms with Crippen molar-refractivity contribution in [2.24, 2.45) is 0 Å². The van der Waals surface area contributed by atoms with E-state index in [0.29, 0.717) is 6.61 Å². The first-order valence-corrected chi connectivity index (χ1v) is 9.33. The molecule has 0 bridgehead atoms. The molecule has 0 fully saturated rings. The highest BCUT2D eigenvalue weighted by Gasteiger charge is 2.21. The van der Waals surface area contributed by atoms with Crippen molar-refractivity contribution in [1.29, 1.82) is 0 Å². The van der Waals surface area contributed by atoms with Gasteiger partial charge in [0.05, 0.1) is 6.61 Å². The normalized spacial score (nSPS) is 12.0. The molecule has 0 aromatic heterocycles. The predicted molar refractivity (Wildman–Crippen MR) is 110 cm³/mol. The maximum atomic E-state index is 9.10. The van der Waals surface area contributed by atoms with Crippen LogP contribution < -0.4 is 4.74 Å². The van der Waals surface area contributed by atoms with Crippen LogP contribution in [0, 0.1) is 0 Å². The molecule has 132 valence electrons. The number of aliphatic hydroxyl groups is 1. The summed E-state index contributed by atoms with van der Waals surface area (Å²) in [5, 5.41) is 11.4. The molecule has 2 nitrogen and oxygen atoms in total. The molecule has 0 amide bonds. The van der Waals surface area contributed by atoms with Crippen LogP contribution in [0.15, 0.2) is 78.9 Å². The Labute approximate surface area is 158 Å². The molecular formula is C25H20O2. The van der Waals surface area contributed by atoms with Crippen molar-refractivity contribution >= 4 is 10.8 Å². The maximum Gasteiger partial charge on any atom is 0.127 e. The van der Waals surface area contributed by atoms with Gasteiger partial charge in [-0.2, -0.15) is 0 Å². The fourth-order valence-corrected chi connectivity index (χ4v) is 4.21. The molecule has 0 saturated heterocycles. The molecule has 4 aromatic carbocycles. The van der Waals surface area contributed by atoms with Crippen molar-refractivity contribution in [2.75, 3.05) is 13.2 Å². The van der Waals surface area contributed by atoms with E-state index in [9.17, 15) is 0 Å². The van der Waals surface area contributed by atoms with Crippen molar-refractivity contribution in [3.05, 3.63) is 90.0 Å². The van der Waals surface area contributed by atoms with Crippen LogP contribution in [0.5, 0.6) is 5.75 Å². The smallest absolute Gasteiger partial charge is 0.127 e. The number of rotatable bonds is 4. The minimum absolute atomic E-state index is 0.0144. The zero-order valence-electron chi connectivity index (χ0n) is 15.0. The van der Waals surface area contributed by atoms with Crippen LogP contribution in [0.25, 0.3) is 33.0 Å². The van der Waals surface area contributed by atoms with Crippen LogP contribution in [0.2, 0.25) is 0 Å². The summed E-state index contributed by atoms with van der Waals surface area (Å²) in [4.78, 5) is 0. The molecule has 1 aliphatic rings. The largest absolute Gasteiger partial charge is 0.491 e. The Kier molecular flexibility index (Phi) is 3.92. The second-order valence-electron chi connectivity index (χ2n) is 6.89. The number of ether oxygens (including phenoxy) is 1. The lowest BCUT2D eigenvalue weighted by Crippen LogP contribution is -2.02. The summed E-state index contributed by atoms with van der Waals surface area (Å²) in [5.41, 5.74) is 7.99. The van der Waals surface area contributed by atoms with E-state index in [1.807, 2.05) is 12.1 Å². The van der Waals surface area contributed by atoms with Gasteiger partial charge in [-0.05, 0) is 51.3 Å². The summed E-state index contributed by atoms with van der Waals surface area (Å²) in [5.74, 6) is 0.819. The van der Waals surface area contributed by atoms with Crippen molar-refractivity contribution in [3.63, 3.8) is 0 Å². The van der Waals surface area contributed by atoms with Crippen LogP contribution in [0.1, 0.15) is 11.1 Å². The molecule has 5 rings (SSSR count). The average Bonchev–Trinajstić information content (AvgIpc) is 3.10. The fourth-order valence-electron chi connectivity index (χ4n) is 4.21. The summed E-state index contributed by atoms with van der Waals surface area (Å²) >= 11 is 0. The molecule has 27 heavy (non-hydrogen) atoms. The van der Waals surface area contributed by atoms with Crippen molar-refractivity contribution in [3.8, 4) is 28.0 Å². The first-order valence-electron chi connectivity index (χ1n) is 9.33. The van der Waals surface area contributed by atoms with Gasteiger partial charge in [0, 0.05) is 5.39 Å². The van der Waals surface area contributed by atoms with Crippen LogP contribution in [0.3, 0.4) is 0 Å². The molecule has 0 radical (unpaired) electrons. The van der Waals surface area contributed by atoms with Gasteiger partial charge in [0.1, 0.15) is 12.4 Å². The molecule has 0 aliphatic heterocycles. The monoisotopic (exact) mass is 352 g/mol. The maximum absolute atomic E-state index is 9.10. The van der Waals surface area contributed by atoms with E-state index in [1.165, 1.54) is 38.8 Å². The van der Waals surface area contributed by atoms with Crippen LogP contribution in [0.4, 0.5) is 0 Å². The summed E-state index contributed by atoms with van der Waals surface area (Å²) in [6.07, 6.45) is 0.971. The summed E-state index contributed by atoms with van der Waals surface area (Å²) in [6, 6.07) is 27.8. The van der Waals surface area contributed by atoms with E-state index in [4.69, 9.17) is 9.84 Å². The third-order valence-electron chi connectivity index (χ3n) is 5.37. The Balaban J connectivity index is 1.70. The van der Waals surface area contributed by atoms with Crippen LogP contribution in [-0.2, 0) is 6.42 Å². The molecule has 1 N–H and O–H groups in total. The molecule has 2 heteroatoms. The van der Waals surface area contributed by atoms with Crippen LogP contribution >= 0.6 is 0 Å². The summed E-state index contributed by atoms with van der Waals surface area (Å²) in [7, 11) is 0. The molecule has 0 saturated carbocycles. The van der Waals surface area contributed by atoms with Crippen molar-refractivity contribution in [1.82, 2.24) is 0 Å². The second kappa shape index (κ2) is 6.57. The Bertz CT molecular complexity index is 1140. The highest BCUT2D eigenvalue weighted by atomic mass is 16.5. The molecule has 0 atom stereocenters. The molecule has 4 aromatic rings. The van der Waals surface area contributed by atoms with E-state index >= 15 is 0 Å².